The van der Waals surface area contributed by atoms with E-state index in [4.69, 9.17) is 51.5 Å². The lowest BCUT2D eigenvalue weighted by Crippen LogP contribution is -2.19. The summed E-state index contributed by atoms with van der Waals surface area (Å²) in [6.07, 6.45) is 1.08. The fourth-order valence-corrected chi connectivity index (χ4v) is 3.66. The van der Waals surface area contributed by atoms with Crippen LogP contribution < -0.4 is 0 Å². The van der Waals surface area contributed by atoms with E-state index >= 15 is 0 Å². The van der Waals surface area contributed by atoms with E-state index in [0.717, 1.165) is 0 Å². The number of halogens is 4. The van der Waals surface area contributed by atoms with Crippen molar-refractivity contribution in [3.05, 3.63) is 79.3 Å². The third-order valence-electron chi connectivity index (χ3n) is 3.93. The molecule has 0 aromatic heterocycles. The van der Waals surface area contributed by atoms with Gasteiger partial charge in [-0.25, -0.2) is 9.59 Å². The van der Waals surface area contributed by atoms with Gasteiger partial charge in [0, 0.05) is 31.7 Å². The average molecular weight is 448 g/mol. The summed E-state index contributed by atoms with van der Waals surface area (Å²) in [6, 6.07) is 9.73. The second-order valence-electron chi connectivity index (χ2n) is 5.82. The summed E-state index contributed by atoms with van der Waals surface area (Å²) in [5.74, 6) is -3.35. The van der Waals surface area contributed by atoms with E-state index in [2.05, 4.69) is 0 Å². The van der Waals surface area contributed by atoms with Gasteiger partial charge in [0.15, 0.2) is 0 Å². The van der Waals surface area contributed by atoms with Gasteiger partial charge in [-0.1, -0.05) is 58.5 Å². The van der Waals surface area contributed by atoms with Gasteiger partial charge < -0.3 is 10.2 Å². The van der Waals surface area contributed by atoms with Crippen molar-refractivity contribution < 1.29 is 19.8 Å². The van der Waals surface area contributed by atoms with Gasteiger partial charge in [-0.15, -0.1) is 0 Å². The number of hydrogen-bond donors (Lipinski definition) is 2. The molecule has 0 aliphatic carbocycles. The van der Waals surface area contributed by atoms with Gasteiger partial charge in [0.05, 0.1) is 0 Å². The Morgan fingerprint density at radius 2 is 1.30 bits per heavy atom. The SMILES string of the molecule is O=C(O)/C=C(/C(=O)O)C(Cc1ccc(Cl)cc1Cl)Cc1ccc(Cl)cc1Cl. The van der Waals surface area contributed by atoms with Gasteiger partial charge in [0.1, 0.15) is 0 Å². The molecule has 2 aromatic carbocycles. The van der Waals surface area contributed by atoms with Gasteiger partial charge in [0.25, 0.3) is 0 Å². The Balaban J connectivity index is 2.46. The molecule has 27 heavy (non-hydrogen) atoms. The van der Waals surface area contributed by atoms with Crippen molar-refractivity contribution in [3.8, 4) is 0 Å². The molecule has 2 rings (SSSR count). The van der Waals surface area contributed by atoms with Crippen LogP contribution >= 0.6 is 46.4 Å². The molecule has 0 aliphatic rings. The van der Waals surface area contributed by atoms with Crippen LogP contribution in [0, 0.1) is 5.92 Å². The quantitative estimate of drug-likeness (QED) is 0.526. The van der Waals surface area contributed by atoms with E-state index in [-0.39, 0.29) is 18.4 Å². The smallest absolute Gasteiger partial charge is 0.332 e. The molecule has 8 heteroatoms. The molecule has 0 bridgehead atoms. The number of carbonyl (C=O) groups is 2. The van der Waals surface area contributed by atoms with Crippen LogP contribution in [0.25, 0.3) is 0 Å². The molecular formula is C19H14Cl4O4. The molecule has 0 amide bonds. The summed E-state index contributed by atoms with van der Waals surface area (Å²) in [7, 11) is 0. The van der Waals surface area contributed by atoms with Gasteiger partial charge >= 0.3 is 11.9 Å². The topological polar surface area (TPSA) is 74.6 Å². The predicted molar refractivity (Wildman–Crippen MR) is 107 cm³/mol. The zero-order valence-electron chi connectivity index (χ0n) is 13.8. The van der Waals surface area contributed by atoms with Crippen LogP contribution in [0.3, 0.4) is 0 Å². The minimum atomic E-state index is -1.35. The zero-order valence-corrected chi connectivity index (χ0v) is 16.8. The van der Waals surface area contributed by atoms with E-state index in [9.17, 15) is 14.7 Å². The number of carboxylic acid groups (broad SMARTS) is 2. The maximum atomic E-state index is 11.7. The molecule has 0 saturated heterocycles. The summed E-state index contributed by atoms with van der Waals surface area (Å²) in [6.45, 7) is 0. The number of aliphatic carboxylic acids is 2. The second kappa shape index (κ2) is 9.47. The highest BCUT2D eigenvalue weighted by atomic mass is 35.5. The van der Waals surface area contributed by atoms with Crippen LogP contribution in [0.2, 0.25) is 20.1 Å². The lowest BCUT2D eigenvalue weighted by molar-refractivity contribution is -0.135. The monoisotopic (exact) mass is 446 g/mol. The van der Waals surface area contributed by atoms with E-state index in [1.807, 2.05) is 0 Å². The van der Waals surface area contributed by atoms with E-state index in [1.165, 1.54) is 0 Å². The van der Waals surface area contributed by atoms with Gasteiger partial charge in [-0.05, 0) is 54.2 Å². The van der Waals surface area contributed by atoms with Gasteiger partial charge in [-0.2, -0.15) is 0 Å². The fourth-order valence-electron chi connectivity index (χ4n) is 2.68. The molecular weight excluding hydrogens is 434 g/mol. The van der Waals surface area contributed by atoms with Crippen LogP contribution in [0.5, 0.6) is 0 Å². The van der Waals surface area contributed by atoms with Crippen LogP contribution in [0.4, 0.5) is 0 Å². The van der Waals surface area contributed by atoms with Crippen molar-refractivity contribution in [2.24, 2.45) is 5.92 Å². The molecule has 0 unspecified atom stereocenters. The Hall–Kier alpha value is -1.72. The highest BCUT2D eigenvalue weighted by molar-refractivity contribution is 6.35. The molecule has 0 saturated carbocycles. The maximum absolute atomic E-state index is 11.7. The number of carboxylic acids is 2. The predicted octanol–water partition coefficient (Wildman–Crippen LogP) is 5.80. The Bertz CT molecular complexity index is 855. The summed E-state index contributed by atoms with van der Waals surface area (Å²) in [4.78, 5) is 22.8. The zero-order chi connectivity index (χ0) is 20.1. The number of rotatable bonds is 7. The number of benzene rings is 2. The van der Waals surface area contributed by atoms with Crippen molar-refractivity contribution >= 4 is 58.3 Å². The summed E-state index contributed by atoms with van der Waals surface area (Å²) in [5.41, 5.74) is 1.04. The second-order valence-corrected chi connectivity index (χ2v) is 7.51. The molecule has 0 atom stereocenters. The first-order valence-corrected chi connectivity index (χ1v) is 9.24. The Labute approximate surface area is 175 Å². The first-order valence-electron chi connectivity index (χ1n) is 7.73. The van der Waals surface area contributed by atoms with Crippen LogP contribution in [0.1, 0.15) is 11.1 Å². The lowest BCUT2D eigenvalue weighted by Gasteiger charge is -2.19. The van der Waals surface area contributed by atoms with Crippen molar-refractivity contribution in [2.75, 3.05) is 0 Å². The van der Waals surface area contributed by atoms with E-state index in [1.54, 1.807) is 36.4 Å². The van der Waals surface area contributed by atoms with Crippen LogP contribution in [0.15, 0.2) is 48.0 Å². The first-order chi connectivity index (χ1) is 12.7. The number of hydrogen-bond acceptors (Lipinski definition) is 2. The highest BCUT2D eigenvalue weighted by Crippen LogP contribution is 2.31. The average Bonchev–Trinajstić information content (AvgIpc) is 2.56. The third kappa shape index (κ3) is 6.15. The minimum absolute atomic E-state index is 0.195. The van der Waals surface area contributed by atoms with E-state index < -0.39 is 17.9 Å². The summed E-state index contributed by atoms with van der Waals surface area (Å²) < 4.78 is 0. The third-order valence-corrected chi connectivity index (χ3v) is 5.10. The van der Waals surface area contributed by atoms with Gasteiger partial charge in [-0.3, -0.25) is 0 Å². The molecule has 2 N–H and O–H groups in total. The maximum Gasteiger partial charge on any atom is 0.332 e. The van der Waals surface area contributed by atoms with E-state index in [0.29, 0.717) is 37.3 Å². The minimum Gasteiger partial charge on any atom is -0.478 e. The van der Waals surface area contributed by atoms with Crippen LogP contribution in [-0.2, 0) is 22.4 Å². The van der Waals surface area contributed by atoms with Crippen molar-refractivity contribution in [2.45, 2.75) is 12.8 Å². The molecule has 0 aliphatic heterocycles. The highest BCUT2D eigenvalue weighted by Gasteiger charge is 2.24. The fraction of sp³-hybridized carbons (Fsp3) is 0.158. The molecule has 0 spiro atoms. The largest absolute Gasteiger partial charge is 0.478 e. The van der Waals surface area contributed by atoms with Crippen LogP contribution in [-0.4, -0.2) is 22.2 Å². The standard InChI is InChI=1S/C19H14Cl4O4/c20-13-3-1-10(16(22)7-13)5-12(15(19(26)27)9-18(24)25)6-11-2-4-14(21)8-17(11)23/h1-4,7-9,12H,5-6H2,(H,24,25)(H,26,27)/b15-9+. The first kappa shape index (κ1) is 21.6. The van der Waals surface area contributed by atoms with Crippen molar-refractivity contribution in [1.29, 1.82) is 0 Å². The molecule has 0 fully saturated rings. The van der Waals surface area contributed by atoms with Crippen molar-refractivity contribution in [1.82, 2.24) is 0 Å². The molecule has 0 heterocycles. The molecule has 2 aromatic rings. The molecule has 0 radical (unpaired) electrons. The summed E-state index contributed by atoms with van der Waals surface area (Å²) in [5, 5.41) is 20.2. The normalized spacial score (nSPS) is 11.7. The summed E-state index contributed by atoms with van der Waals surface area (Å²) >= 11 is 24.2. The van der Waals surface area contributed by atoms with Crippen molar-refractivity contribution in [3.63, 3.8) is 0 Å². The Morgan fingerprint density at radius 3 is 1.63 bits per heavy atom. The molecule has 4 nitrogen and oxygen atoms in total. The van der Waals surface area contributed by atoms with Gasteiger partial charge in [0.2, 0.25) is 0 Å². The lowest BCUT2D eigenvalue weighted by atomic mass is 9.86. The Morgan fingerprint density at radius 1 is 0.852 bits per heavy atom. The molecule has 142 valence electrons. The Kier molecular flexibility index (Phi) is 7.57.